The first kappa shape index (κ1) is 17.6. The smallest absolute Gasteiger partial charge is 0.226 e. The van der Waals surface area contributed by atoms with Crippen LogP contribution in [0.25, 0.3) is 5.69 Å². The Balaban J connectivity index is 1.69. The highest BCUT2D eigenvalue weighted by Crippen LogP contribution is 2.38. The van der Waals surface area contributed by atoms with Gasteiger partial charge in [-0.25, -0.2) is 4.68 Å². The maximum Gasteiger partial charge on any atom is 0.226 e. The molecular formula is C21H20ClN3O2. The predicted octanol–water partition coefficient (Wildman–Crippen LogP) is 4.79. The van der Waals surface area contributed by atoms with Gasteiger partial charge in [0.05, 0.1) is 18.5 Å². The van der Waals surface area contributed by atoms with Gasteiger partial charge in [-0.1, -0.05) is 36.7 Å². The fourth-order valence-electron chi connectivity index (χ4n) is 3.34. The van der Waals surface area contributed by atoms with E-state index in [9.17, 15) is 4.79 Å². The lowest BCUT2D eigenvalue weighted by atomic mass is 9.87. The molecule has 138 valence electrons. The first-order chi connectivity index (χ1) is 13.2. The van der Waals surface area contributed by atoms with Crippen molar-refractivity contribution >= 4 is 23.3 Å². The van der Waals surface area contributed by atoms with Crippen molar-refractivity contribution in [2.45, 2.75) is 25.7 Å². The van der Waals surface area contributed by atoms with E-state index in [1.54, 1.807) is 4.68 Å². The second-order valence-electron chi connectivity index (χ2n) is 6.56. The van der Waals surface area contributed by atoms with Gasteiger partial charge < -0.3 is 10.1 Å². The summed E-state index contributed by atoms with van der Waals surface area (Å²) < 4.78 is 7.38. The molecule has 1 aliphatic rings. The zero-order valence-electron chi connectivity index (χ0n) is 15.0. The standard InChI is InChI=1S/C21H20ClN3O2/c1-2-10-27-17-8-6-14(7-9-17)18-12-20(26)24-21-19(18)13-23-25(21)16-5-3-4-15(22)11-16/h3-9,11,13,18H,2,10,12H2,1H3,(H,24,26)/t18-/m1/s1. The molecule has 1 atom stereocenters. The Morgan fingerprint density at radius 2 is 2.07 bits per heavy atom. The minimum atomic E-state index is -0.0399. The highest BCUT2D eigenvalue weighted by molar-refractivity contribution is 6.30. The molecule has 0 radical (unpaired) electrons. The van der Waals surface area contributed by atoms with E-state index < -0.39 is 0 Å². The summed E-state index contributed by atoms with van der Waals surface area (Å²) in [6.45, 7) is 2.77. The molecule has 0 saturated carbocycles. The molecule has 5 nitrogen and oxygen atoms in total. The van der Waals surface area contributed by atoms with Crippen molar-refractivity contribution in [2.75, 3.05) is 11.9 Å². The number of nitrogens with zero attached hydrogens (tertiary/aromatic N) is 2. The first-order valence-electron chi connectivity index (χ1n) is 9.02. The van der Waals surface area contributed by atoms with Gasteiger partial charge in [-0.05, 0) is 42.3 Å². The summed E-state index contributed by atoms with van der Waals surface area (Å²) >= 11 is 6.11. The third kappa shape index (κ3) is 3.55. The van der Waals surface area contributed by atoms with Crippen LogP contribution in [-0.4, -0.2) is 22.3 Å². The Hall–Kier alpha value is -2.79. The van der Waals surface area contributed by atoms with E-state index in [-0.39, 0.29) is 11.8 Å². The van der Waals surface area contributed by atoms with Gasteiger partial charge in [0, 0.05) is 22.9 Å². The summed E-state index contributed by atoms with van der Waals surface area (Å²) in [6.07, 6.45) is 3.18. The Kier molecular flexibility index (Phi) is 4.86. The minimum absolute atomic E-state index is 0.0254. The van der Waals surface area contributed by atoms with Gasteiger partial charge in [0.25, 0.3) is 0 Å². The molecule has 4 rings (SSSR count). The molecule has 0 saturated heterocycles. The molecule has 0 spiro atoms. The molecule has 27 heavy (non-hydrogen) atoms. The Morgan fingerprint density at radius 1 is 1.26 bits per heavy atom. The first-order valence-corrected chi connectivity index (χ1v) is 9.40. The number of nitrogens with one attached hydrogen (secondary N) is 1. The fraction of sp³-hybridized carbons (Fsp3) is 0.238. The topological polar surface area (TPSA) is 56.1 Å². The number of hydrogen-bond donors (Lipinski definition) is 1. The zero-order valence-corrected chi connectivity index (χ0v) is 15.7. The molecular weight excluding hydrogens is 362 g/mol. The second-order valence-corrected chi connectivity index (χ2v) is 7.00. The van der Waals surface area contributed by atoms with Gasteiger partial charge >= 0.3 is 0 Å². The van der Waals surface area contributed by atoms with Crippen molar-refractivity contribution in [3.63, 3.8) is 0 Å². The predicted molar refractivity (Wildman–Crippen MR) is 106 cm³/mol. The van der Waals surface area contributed by atoms with Gasteiger partial charge in [-0.3, -0.25) is 4.79 Å². The van der Waals surface area contributed by atoms with Gasteiger partial charge in [-0.15, -0.1) is 0 Å². The van der Waals surface area contributed by atoms with Gasteiger partial charge in [0.1, 0.15) is 11.6 Å². The van der Waals surface area contributed by atoms with Crippen LogP contribution in [0, 0.1) is 0 Å². The Bertz CT molecular complexity index is 966. The van der Waals surface area contributed by atoms with E-state index >= 15 is 0 Å². The lowest BCUT2D eigenvalue weighted by Crippen LogP contribution is -2.24. The van der Waals surface area contributed by atoms with Crippen molar-refractivity contribution in [1.82, 2.24) is 9.78 Å². The largest absolute Gasteiger partial charge is 0.494 e. The average molecular weight is 382 g/mol. The van der Waals surface area contributed by atoms with E-state index in [4.69, 9.17) is 16.3 Å². The van der Waals surface area contributed by atoms with Crippen LogP contribution in [0.2, 0.25) is 5.02 Å². The molecule has 0 unspecified atom stereocenters. The van der Waals surface area contributed by atoms with Crippen molar-refractivity contribution in [1.29, 1.82) is 0 Å². The van der Waals surface area contributed by atoms with Crippen LogP contribution >= 0.6 is 11.6 Å². The van der Waals surface area contributed by atoms with Crippen LogP contribution < -0.4 is 10.1 Å². The molecule has 2 aromatic carbocycles. The zero-order chi connectivity index (χ0) is 18.8. The number of rotatable bonds is 5. The summed E-state index contributed by atoms with van der Waals surface area (Å²) in [5, 5.41) is 8.08. The lowest BCUT2D eigenvalue weighted by molar-refractivity contribution is -0.116. The normalized spacial score (nSPS) is 15.9. The van der Waals surface area contributed by atoms with E-state index in [0.717, 1.165) is 29.0 Å². The van der Waals surface area contributed by atoms with Crippen LogP contribution in [0.5, 0.6) is 5.75 Å². The maximum absolute atomic E-state index is 12.4. The third-order valence-electron chi connectivity index (χ3n) is 4.63. The monoisotopic (exact) mass is 381 g/mol. The number of aromatic nitrogens is 2. The molecule has 0 aliphatic carbocycles. The average Bonchev–Trinajstić information content (AvgIpc) is 3.10. The van der Waals surface area contributed by atoms with Crippen molar-refractivity contribution < 1.29 is 9.53 Å². The number of carbonyl (C=O) groups is 1. The van der Waals surface area contributed by atoms with Crippen LogP contribution in [0.3, 0.4) is 0 Å². The molecule has 1 N–H and O–H groups in total. The van der Waals surface area contributed by atoms with Crippen molar-refractivity contribution in [3.05, 3.63) is 70.9 Å². The summed E-state index contributed by atoms with van der Waals surface area (Å²) in [6, 6.07) is 15.4. The molecule has 1 aliphatic heterocycles. The van der Waals surface area contributed by atoms with Gasteiger partial charge in [0.2, 0.25) is 5.91 Å². The molecule has 1 aromatic heterocycles. The molecule has 6 heteroatoms. The number of fused-ring (bicyclic) bond motifs is 1. The minimum Gasteiger partial charge on any atom is -0.494 e. The fourth-order valence-corrected chi connectivity index (χ4v) is 3.52. The molecule has 0 fully saturated rings. The SMILES string of the molecule is CCCOc1ccc([C@H]2CC(=O)Nc3c2cnn3-c2cccc(Cl)c2)cc1. The van der Waals surface area contributed by atoms with Crippen LogP contribution in [-0.2, 0) is 4.79 Å². The van der Waals surface area contributed by atoms with Gasteiger partial charge in [-0.2, -0.15) is 5.10 Å². The number of halogens is 1. The number of hydrogen-bond acceptors (Lipinski definition) is 3. The van der Waals surface area contributed by atoms with E-state index in [1.165, 1.54) is 0 Å². The molecule has 3 aromatic rings. The van der Waals surface area contributed by atoms with Crippen molar-refractivity contribution in [3.8, 4) is 11.4 Å². The quantitative estimate of drug-likeness (QED) is 0.691. The Morgan fingerprint density at radius 3 is 2.81 bits per heavy atom. The summed E-state index contributed by atoms with van der Waals surface area (Å²) in [5.74, 6) is 1.48. The highest BCUT2D eigenvalue weighted by atomic mass is 35.5. The van der Waals surface area contributed by atoms with Crippen LogP contribution in [0.1, 0.15) is 36.8 Å². The van der Waals surface area contributed by atoms with Crippen LogP contribution in [0.4, 0.5) is 5.82 Å². The second kappa shape index (κ2) is 7.45. The lowest BCUT2D eigenvalue weighted by Gasteiger charge is -2.24. The number of anilines is 1. The summed E-state index contributed by atoms with van der Waals surface area (Å²) in [7, 11) is 0. The molecule has 1 amide bonds. The third-order valence-corrected chi connectivity index (χ3v) is 4.86. The van der Waals surface area contributed by atoms with Crippen LogP contribution in [0.15, 0.2) is 54.7 Å². The number of ether oxygens (including phenoxy) is 1. The summed E-state index contributed by atoms with van der Waals surface area (Å²) in [4.78, 5) is 12.4. The van der Waals surface area contributed by atoms with E-state index in [2.05, 4.69) is 17.3 Å². The molecule has 0 bridgehead atoms. The van der Waals surface area contributed by atoms with E-state index in [0.29, 0.717) is 23.9 Å². The molecule has 2 heterocycles. The number of carbonyl (C=O) groups excluding carboxylic acids is 1. The summed E-state index contributed by atoms with van der Waals surface area (Å²) in [5.41, 5.74) is 2.88. The highest BCUT2D eigenvalue weighted by Gasteiger charge is 2.30. The maximum atomic E-state index is 12.4. The van der Waals surface area contributed by atoms with Crippen molar-refractivity contribution in [2.24, 2.45) is 0 Å². The number of amides is 1. The number of benzene rings is 2. The Labute approximate surface area is 162 Å². The van der Waals surface area contributed by atoms with E-state index in [1.807, 2.05) is 54.7 Å². The van der Waals surface area contributed by atoms with Gasteiger partial charge in [0.15, 0.2) is 0 Å².